The van der Waals surface area contributed by atoms with Gasteiger partial charge in [-0.05, 0) is 50.2 Å². The van der Waals surface area contributed by atoms with E-state index in [-0.39, 0.29) is 5.91 Å². The average Bonchev–Trinajstić information content (AvgIpc) is 2.90. The zero-order chi connectivity index (χ0) is 16.7. The Morgan fingerprint density at radius 3 is 2.75 bits per heavy atom. The second-order valence-corrected chi connectivity index (χ2v) is 5.75. The van der Waals surface area contributed by atoms with Gasteiger partial charge in [-0.2, -0.15) is 0 Å². The number of amides is 1. The summed E-state index contributed by atoms with van der Waals surface area (Å²) >= 11 is 0. The first-order valence-corrected chi connectivity index (χ1v) is 7.75. The summed E-state index contributed by atoms with van der Waals surface area (Å²) in [6.07, 6.45) is 1.85. The SMILES string of the molecule is Cc1ccc2c(NC(=O)c3c(C)nc4ccccn34)cccc2n1. The smallest absolute Gasteiger partial charge is 0.274 e. The highest BCUT2D eigenvalue weighted by Gasteiger charge is 2.17. The number of rotatable bonds is 2. The number of anilines is 1. The van der Waals surface area contributed by atoms with E-state index >= 15 is 0 Å². The summed E-state index contributed by atoms with van der Waals surface area (Å²) in [5.74, 6) is -0.181. The van der Waals surface area contributed by atoms with Crippen molar-refractivity contribution in [3.05, 3.63) is 71.8 Å². The van der Waals surface area contributed by atoms with Gasteiger partial charge in [0, 0.05) is 17.3 Å². The maximum Gasteiger partial charge on any atom is 0.274 e. The second-order valence-electron chi connectivity index (χ2n) is 5.75. The van der Waals surface area contributed by atoms with Gasteiger partial charge < -0.3 is 5.32 Å². The van der Waals surface area contributed by atoms with E-state index < -0.39 is 0 Å². The lowest BCUT2D eigenvalue weighted by Crippen LogP contribution is -2.15. The van der Waals surface area contributed by atoms with E-state index in [0.29, 0.717) is 11.4 Å². The second kappa shape index (κ2) is 5.45. The van der Waals surface area contributed by atoms with E-state index in [1.807, 2.05) is 68.6 Å². The summed E-state index contributed by atoms with van der Waals surface area (Å²) in [6.45, 7) is 3.79. The number of carbonyl (C=O) groups excluding carboxylic acids is 1. The molecule has 0 spiro atoms. The van der Waals surface area contributed by atoms with Gasteiger partial charge in [-0.3, -0.25) is 14.2 Å². The summed E-state index contributed by atoms with van der Waals surface area (Å²) < 4.78 is 1.80. The maximum atomic E-state index is 12.8. The highest BCUT2D eigenvalue weighted by molar-refractivity contribution is 6.08. The third-order valence-corrected chi connectivity index (χ3v) is 4.04. The van der Waals surface area contributed by atoms with Crippen molar-refractivity contribution in [2.75, 3.05) is 5.32 Å². The van der Waals surface area contributed by atoms with E-state index in [1.165, 1.54) is 0 Å². The van der Waals surface area contributed by atoms with Crippen LogP contribution in [0.25, 0.3) is 16.6 Å². The molecule has 1 aromatic carbocycles. The molecule has 118 valence electrons. The quantitative estimate of drug-likeness (QED) is 0.612. The van der Waals surface area contributed by atoms with Crippen LogP contribution in [0, 0.1) is 13.8 Å². The van der Waals surface area contributed by atoms with Gasteiger partial charge in [0.15, 0.2) is 0 Å². The minimum atomic E-state index is -0.181. The predicted octanol–water partition coefficient (Wildman–Crippen LogP) is 3.75. The Morgan fingerprint density at radius 1 is 1.00 bits per heavy atom. The van der Waals surface area contributed by atoms with Crippen molar-refractivity contribution in [1.82, 2.24) is 14.4 Å². The molecule has 0 fully saturated rings. The molecule has 1 amide bonds. The molecule has 0 atom stereocenters. The fraction of sp³-hybridized carbons (Fsp3) is 0.105. The normalized spacial score (nSPS) is 11.1. The number of hydrogen-bond acceptors (Lipinski definition) is 3. The van der Waals surface area contributed by atoms with E-state index in [1.54, 1.807) is 4.40 Å². The van der Waals surface area contributed by atoms with E-state index in [0.717, 1.165) is 27.9 Å². The number of nitrogens with one attached hydrogen (secondary N) is 1. The molecule has 3 heterocycles. The first-order valence-electron chi connectivity index (χ1n) is 7.75. The molecule has 5 heteroatoms. The third kappa shape index (κ3) is 2.31. The standard InChI is InChI=1S/C19H16N4O/c1-12-9-10-14-15(20-12)6-5-7-16(14)22-19(24)18-13(2)21-17-8-3-4-11-23(17)18/h3-11H,1-2H3,(H,22,24). The Bertz CT molecular complexity index is 1080. The zero-order valence-electron chi connectivity index (χ0n) is 13.4. The predicted molar refractivity (Wildman–Crippen MR) is 94.4 cm³/mol. The highest BCUT2D eigenvalue weighted by Crippen LogP contribution is 2.23. The van der Waals surface area contributed by atoms with Crippen molar-refractivity contribution in [2.24, 2.45) is 0 Å². The van der Waals surface area contributed by atoms with Crippen LogP contribution in [0.3, 0.4) is 0 Å². The lowest BCUT2D eigenvalue weighted by molar-refractivity contribution is 0.102. The number of benzene rings is 1. The molecule has 0 aliphatic rings. The Balaban J connectivity index is 1.78. The van der Waals surface area contributed by atoms with Crippen LogP contribution in [0.2, 0.25) is 0 Å². The van der Waals surface area contributed by atoms with Crippen molar-refractivity contribution in [2.45, 2.75) is 13.8 Å². The lowest BCUT2D eigenvalue weighted by Gasteiger charge is -2.09. The summed E-state index contributed by atoms with van der Waals surface area (Å²) in [4.78, 5) is 21.8. The van der Waals surface area contributed by atoms with Crippen LogP contribution >= 0.6 is 0 Å². The van der Waals surface area contributed by atoms with Crippen LogP contribution < -0.4 is 5.32 Å². The molecule has 0 saturated carbocycles. The summed E-state index contributed by atoms with van der Waals surface area (Å²) in [7, 11) is 0. The van der Waals surface area contributed by atoms with Gasteiger partial charge in [-0.15, -0.1) is 0 Å². The van der Waals surface area contributed by atoms with Crippen LogP contribution in [-0.4, -0.2) is 20.3 Å². The number of hydrogen-bond donors (Lipinski definition) is 1. The van der Waals surface area contributed by atoms with Gasteiger partial charge in [-0.25, -0.2) is 4.98 Å². The number of carbonyl (C=O) groups is 1. The largest absolute Gasteiger partial charge is 0.320 e. The van der Waals surface area contributed by atoms with Gasteiger partial charge in [0.1, 0.15) is 11.3 Å². The van der Waals surface area contributed by atoms with Crippen LogP contribution in [-0.2, 0) is 0 Å². The first kappa shape index (κ1) is 14.4. The molecule has 0 aliphatic heterocycles. The van der Waals surface area contributed by atoms with Crippen molar-refractivity contribution in [3.8, 4) is 0 Å². The molecule has 4 aromatic rings. The maximum absolute atomic E-state index is 12.8. The summed E-state index contributed by atoms with van der Waals surface area (Å²) in [5.41, 5.74) is 4.56. The van der Waals surface area contributed by atoms with E-state index in [9.17, 15) is 4.79 Å². The van der Waals surface area contributed by atoms with Crippen LogP contribution in [0.5, 0.6) is 0 Å². The van der Waals surface area contributed by atoms with Crippen molar-refractivity contribution >= 4 is 28.1 Å². The molecule has 4 rings (SSSR count). The first-order chi connectivity index (χ1) is 11.6. The number of pyridine rings is 2. The monoisotopic (exact) mass is 316 g/mol. The molecule has 0 saturated heterocycles. The molecule has 0 radical (unpaired) electrons. The Morgan fingerprint density at radius 2 is 1.88 bits per heavy atom. The molecule has 0 bridgehead atoms. The molecule has 24 heavy (non-hydrogen) atoms. The molecule has 0 aliphatic carbocycles. The molecule has 0 unspecified atom stereocenters. The minimum Gasteiger partial charge on any atom is -0.320 e. The van der Waals surface area contributed by atoms with Crippen molar-refractivity contribution < 1.29 is 4.79 Å². The number of aryl methyl sites for hydroxylation is 2. The summed E-state index contributed by atoms with van der Waals surface area (Å²) in [6, 6.07) is 15.3. The van der Waals surface area contributed by atoms with E-state index in [4.69, 9.17) is 0 Å². The third-order valence-electron chi connectivity index (χ3n) is 4.04. The minimum absolute atomic E-state index is 0.181. The zero-order valence-corrected chi connectivity index (χ0v) is 13.4. The Labute approximate surface area is 139 Å². The van der Waals surface area contributed by atoms with Crippen molar-refractivity contribution in [1.29, 1.82) is 0 Å². The van der Waals surface area contributed by atoms with Gasteiger partial charge >= 0.3 is 0 Å². The number of aromatic nitrogens is 3. The molecular weight excluding hydrogens is 300 g/mol. The number of nitrogens with zero attached hydrogens (tertiary/aromatic N) is 3. The topological polar surface area (TPSA) is 59.3 Å². The summed E-state index contributed by atoms with van der Waals surface area (Å²) in [5, 5.41) is 3.92. The van der Waals surface area contributed by atoms with Gasteiger partial charge in [0.2, 0.25) is 0 Å². The Kier molecular flexibility index (Phi) is 3.27. The highest BCUT2D eigenvalue weighted by atomic mass is 16.2. The van der Waals surface area contributed by atoms with Crippen LogP contribution in [0.1, 0.15) is 21.9 Å². The molecular formula is C19H16N4O. The Hall–Kier alpha value is -3.21. The van der Waals surface area contributed by atoms with Crippen LogP contribution in [0.15, 0.2) is 54.7 Å². The number of fused-ring (bicyclic) bond motifs is 2. The lowest BCUT2D eigenvalue weighted by atomic mass is 10.1. The number of imidazole rings is 1. The molecule has 1 N–H and O–H groups in total. The average molecular weight is 316 g/mol. The molecule has 3 aromatic heterocycles. The fourth-order valence-electron chi connectivity index (χ4n) is 2.93. The van der Waals surface area contributed by atoms with Gasteiger partial charge in [0.25, 0.3) is 5.91 Å². The fourth-order valence-corrected chi connectivity index (χ4v) is 2.93. The van der Waals surface area contributed by atoms with E-state index in [2.05, 4.69) is 15.3 Å². The van der Waals surface area contributed by atoms with Gasteiger partial charge in [-0.1, -0.05) is 12.1 Å². The van der Waals surface area contributed by atoms with Gasteiger partial charge in [0.05, 0.1) is 16.9 Å². The van der Waals surface area contributed by atoms with Crippen molar-refractivity contribution in [3.63, 3.8) is 0 Å². The van der Waals surface area contributed by atoms with Crippen LogP contribution in [0.4, 0.5) is 5.69 Å². The molecule has 5 nitrogen and oxygen atoms in total.